The van der Waals surface area contributed by atoms with Gasteiger partial charge < -0.3 is 26.0 Å². The monoisotopic (exact) mass is 410 g/mol. The first-order valence-electron chi connectivity index (χ1n) is 9.85. The van der Waals surface area contributed by atoms with Crippen LogP contribution >= 0.6 is 0 Å². The molecule has 0 spiro atoms. The van der Waals surface area contributed by atoms with E-state index in [9.17, 15) is 14.4 Å². The number of aryl methyl sites for hydroxylation is 1. The number of urea groups is 1. The molecular weight excluding hydrogens is 384 g/mol. The first kappa shape index (κ1) is 21.2. The van der Waals surface area contributed by atoms with Crippen LogP contribution in [0, 0.1) is 6.92 Å². The molecule has 158 valence electrons. The number of carbonyl (C=O) groups is 3. The van der Waals surface area contributed by atoms with Gasteiger partial charge in [-0.2, -0.15) is 0 Å². The van der Waals surface area contributed by atoms with Crippen molar-refractivity contribution >= 4 is 23.5 Å². The summed E-state index contributed by atoms with van der Waals surface area (Å²) in [5.41, 5.74) is 2.44. The first-order valence-corrected chi connectivity index (χ1v) is 9.85. The Morgan fingerprint density at radius 1 is 0.933 bits per heavy atom. The summed E-state index contributed by atoms with van der Waals surface area (Å²) in [6, 6.07) is 11.8. The molecule has 1 aliphatic rings. The first-order chi connectivity index (χ1) is 14.5. The van der Waals surface area contributed by atoms with Gasteiger partial charge in [0.25, 0.3) is 11.8 Å². The summed E-state index contributed by atoms with van der Waals surface area (Å²) in [4.78, 5) is 36.4. The Hall–Kier alpha value is -3.55. The number of benzene rings is 2. The molecule has 8 heteroatoms. The third-order valence-corrected chi connectivity index (χ3v) is 4.71. The van der Waals surface area contributed by atoms with Crippen molar-refractivity contribution in [3.05, 3.63) is 59.2 Å². The highest BCUT2D eigenvalue weighted by atomic mass is 16.5. The molecule has 4 N–H and O–H groups in total. The summed E-state index contributed by atoms with van der Waals surface area (Å²) in [7, 11) is 1.56. The van der Waals surface area contributed by atoms with E-state index in [1.807, 2.05) is 6.92 Å². The molecule has 4 amide bonds. The van der Waals surface area contributed by atoms with E-state index in [1.54, 1.807) is 49.6 Å². The van der Waals surface area contributed by atoms with Crippen molar-refractivity contribution in [2.75, 3.05) is 25.5 Å². The maximum Gasteiger partial charge on any atom is 0.319 e. The molecule has 0 bridgehead atoms. The lowest BCUT2D eigenvalue weighted by Crippen LogP contribution is -2.37. The maximum absolute atomic E-state index is 12.2. The fourth-order valence-corrected chi connectivity index (χ4v) is 2.76. The third-order valence-electron chi connectivity index (χ3n) is 4.71. The lowest BCUT2D eigenvalue weighted by molar-refractivity contribution is 0.0944. The number of anilines is 1. The van der Waals surface area contributed by atoms with E-state index in [4.69, 9.17) is 4.74 Å². The van der Waals surface area contributed by atoms with Crippen LogP contribution in [0.2, 0.25) is 0 Å². The molecule has 0 heterocycles. The Balaban J connectivity index is 1.43. The second-order valence-corrected chi connectivity index (χ2v) is 7.14. The van der Waals surface area contributed by atoms with Crippen molar-refractivity contribution in [3.8, 4) is 5.75 Å². The molecule has 0 aliphatic heterocycles. The maximum atomic E-state index is 12.2. The number of amides is 4. The van der Waals surface area contributed by atoms with Gasteiger partial charge in [-0.05, 0) is 61.7 Å². The minimum Gasteiger partial charge on any atom is -0.497 e. The highest BCUT2D eigenvalue weighted by Gasteiger charge is 2.24. The minimum atomic E-state index is -0.406. The molecular formula is C22H26N4O4. The molecule has 30 heavy (non-hydrogen) atoms. The third kappa shape index (κ3) is 5.97. The van der Waals surface area contributed by atoms with Gasteiger partial charge in [0.05, 0.1) is 7.11 Å². The van der Waals surface area contributed by atoms with Crippen LogP contribution in [-0.2, 0) is 0 Å². The Kier molecular flexibility index (Phi) is 6.90. The van der Waals surface area contributed by atoms with Crippen molar-refractivity contribution in [1.82, 2.24) is 16.0 Å². The van der Waals surface area contributed by atoms with E-state index in [0.717, 1.165) is 18.4 Å². The Labute approximate surface area is 175 Å². The van der Waals surface area contributed by atoms with Gasteiger partial charge >= 0.3 is 6.03 Å². The lowest BCUT2D eigenvalue weighted by atomic mass is 10.1. The van der Waals surface area contributed by atoms with Gasteiger partial charge in [-0.25, -0.2) is 4.79 Å². The summed E-state index contributed by atoms with van der Waals surface area (Å²) in [5.74, 6) is 0.307. The molecule has 1 saturated carbocycles. The smallest absolute Gasteiger partial charge is 0.319 e. The predicted octanol–water partition coefficient (Wildman–Crippen LogP) is 2.45. The molecule has 2 aromatic carbocycles. The average Bonchev–Trinajstić information content (AvgIpc) is 3.56. The minimum absolute atomic E-state index is 0.137. The van der Waals surface area contributed by atoms with Crippen LogP contribution in [0.5, 0.6) is 5.75 Å². The number of methoxy groups -OCH3 is 1. The van der Waals surface area contributed by atoms with E-state index in [0.29, 0.717) is 22.6 Å². The van der Waals surface area contributed by atoms with Gasteiger partial charge in [0.1, 0.15) is 5.75 Å². The highest BCUT2D eigenvalue weighted by Crippen LogP contribution is 2.21. The molecule has 1 aliphatic carbocycles. The highest BCUT2D eigenvalue weighted by molar-refractivity contribution is 5.97. The van der Waals surface area contributed by atoms with Gasteiger partial charge in [-0.3, -0.25) is 9.59 Å². The summed E-state index contributed by atoms with van der Waals surface area (Å²) in [5, 5.41) is 11.1. The van der Waals surface area contributed by atoms with Crippen LogP contribution in [-0.4, -0.2) is 44.1 Å². The van der Waals surface area contributed by atoms with Crippen LogP contribution in [0.3, 0.4) is 0 Å². The largest absolute Gasteiger partial charge is 0.497 e. The number of hydrogen-bond acceptors (Lipinski definition) is 4. The second-order valence-electron chi connectivity index (χ2n) is 7.14. The molecule has 8 nitrogen and oxygen atoms in total. The molecule has 0 unspecified atom stereocenters. The summed E-state index contributed by atoms with van der Waals surface area (Å²) in [6.07, 6.45) is 2.03. The van der Waals surface area contributed by atoms with Crippen LogP contribution in [0.25, 0.3) is 0 Å². The van der Waals surface area contributed by atoms with Crippen LogP contribution in [0.4, 0.5) is 10.5 Å². The summed E-state index contributed by atoms with van der Waals surface area (Å²) in [6.45, 7) is 2.39. The zero-order valence-corrected chi connectivity index (χ0v) is 17.1. The molecule has 0 saturated heterocycles. The number of carbonyl (C=O) groups excluding carboxylic acids is 3. The van der Waals surface area contributed by atoms with Crippen molar-refractivity contribution in [2.45, 2.75) is 25.8 Å². The molecule has 0 atom stereocenters. The van der Waals surface area contributed by atoms with Crippen LogP contribution < -0.4 is 26.0 Å². The summed E-state index contributed by atoms with van der Waals surface area (Å²) < 4.78 is 5.06. The van der Waals surface area contributed by atoms with Crippen molar-refractivity contribution in [3.63, 3.8) is 0 Å². The van der Waals surface area contributed by atoms with Crippen LogP contribution in [0.15, 0.2) is 42.5 Å². The Morgan fingerprint density at radius 3 is 2.27 bits per heavy atom. The van der Waals surface area contributed by atoms with E-state index in [-0.39, 0.29) is 30.9 Å². The van der Waals surface area contributed by atoms with E-state index in [1.165, 1.54) is 0 Å². The van der Waals surface area contributed by atoms with Gasteiger partial charge in [0, 0.05) is 35.9 Å². The number of nitrogens with one attached hydrogen (secondary N) is 4. The molecule has 3 rings (SSSR count). The topological polar surface area (TPSA) is 109 Å². The zero-order chi connectivity index (χ0) is 21.5. The number of hydrogen-bond donors (Lipinski definition) is 4. The number of rotatable bonds is 8. The van der Waals surface area contributed by atoms with E-state index < -0.39 is 6.03 Å². The summed E-state index contributed by atoms with van der Waals surface area (Å²) >= 11 is 0. The van der Waals surface area contributed by atoms with E-state index in [2.05, 4.69) is 21.3 Å². The van der Waals surface area contributed by atoms with Gasteiger partial charge in [0.2, 0.25) is 0 Å². The lowest BCUT2D eigenvalue weighted by Gasteiger charge is -2.12. The average molecular weight is 410 g/mol. The fraction of sp³-hybridized carbons (Fsp3) is 0.318. The molecule has 2 aromatic rings. The predicted molar refractivity (Wildman–Crippen MR) is 114 cm³/mol. The standard InChI is InChI=1S/C22H26N4O4/c1-14-3-4-16(21(28)25-17-7-8-17)13-19(14)26-22(29)24-12-11-23-20(27)15-5-9-18(30-2)10-6-15/h3-6,9-10,13,17H,7-8,11-12H2,1-2H3,(H,23,27)(H,25,28)(H2,24,26,29). The van der Waals surface area contributed by atoms with Gasteiger partial charge in [-0.15, -0.1) is 0 Å². The van der Waals surface area contributed by atoms with Crippen molar-refractivity contribution < 1.29 is 19.1 Å². The van der Waals surface area contributed by atoms with Crippen molar-refractivity contribution in [2.24, 2.45) is 0 Å². The molecule has 1 fully saturated rings. The molecule has 0 radical (unpaired) electrons. The van der Waals surface area contributed by atoms with Crippen LogP contribution in [0.1, 0.15) is 39.1 Å². The quantitative estimate of drug-likeness (QED) is 0.501. The van der Waals surface area contributed by atoms with Gasteiger partial charge in [0.15, 0.2) is 0 Å². The second kappa shape index (κ2) is 9.78. The Bertz CT molecular complexity index is 923. The zero-order valence-electron chi connectivity index (χ0n) is 17.1. The normalized spacial score (nSPS) is 12.6. The molecule has 0 aromatic heterocycles. The fourth-order valence-electron chi connectivity index (χ4n) is 2.76. The van der Waals surface area contributed by atoms with Crippen molar-refractivity contribution in [1.29, 1.82) is 0 Å². The Morgan fingerprint density at radius 2 is 1.60 bits per heavy atom. The van der Waals surface area contributed by atoms with Gasteiger partial charge in [-0.1, -0.05) is 6.07 Å². The van der Waals surface area contributed by atoms with E-state index >= 15 is 0 Å². The SMILES string of the molecule is COc1ccc(C(=O)NCCNC(=O)Nc2cc(C(=O)NC3CC3)ccc2C)cc1. The number of ether oxygens (including phenoxy) is 1.